The Balaban J connectivity index is 1.59. The van der Waals surface area contributed by atoms with E-state index >= 15 is 0 Å². The first-order valence-corrected chi connectivity index (χ1v) is 10.4. The summed E-state index contributed by atoms with van der Waals surface area (Å²) < 4.78 is 31.5. The molecule has 3 aromatic carbocycles. The van der Waals surface area contributed by atoms with Crippen LogP contribution in [0.15, 0.2) is 71.8 Å². The molecule has 158 valence electrons. The number of methoxy groups -OCH3 is 1. The van der Waals surface area contributed by atoms with E-state index in [9.17, 15) is 4.39 Å². The number of hydrogen-bond donors (Lipinski definition) is 0. The number of nitrogens with zero attached hydrogens (tertiary/aromatic N) is 2. The summed E-state index contributed by atoms with van der Waals surface area (Å²) in [5.41, 5.74) is 3.70. The van der Waals surface area contributed by atoms with E-state index in [1.54, 1.807) is 13.2 Å². The van der Waals surface area contributed by atoms with E-state index in [1.165, 1.54) is 12.1 Å². The number of ether oxygens (including phenoxy) is 3. The highest BCUT2D eigenvalue weighted by Crippen LogP contribution is 2.50. The smallest absolute Gasteiger partial charge is 0.214 e. The van der Waals surface area contributed by atoms with Gasteiger partial charge in [0.05, 0.1) is 25.5 Å². The minimum Gasteiger partial charge on any atom is -0.497 e. The van der Waals surface area contributed by atoms with Crippen molar-refractivity contribution in [2.24, 2.45) is 5.10 Å². The molecule has 0 saturated heterocycles. The van der Waals surface area contributed by atoms with Crippen LogP contribution in [0.5, 0.6) is 17.2 Å². The van der Waals surface area contributed by atoms with Crippen molar-refractivity contribution in [1.82, 2.24) is 5.01 Å². The van der Waals surface area contributed by atoms with E-state index < -0.39 is 6.23 Å². The van der Waals surface area contributed by atoms with Crippen molar-refractivity contribution in [2.75, 3.05) is 13.7 Å². The molecule has 2 atom stereocenters. The van der Waals surface area contributed by atoms with Crippen LogP contribution >= 0.6 is 0 Å². The average molecular weight is 418 g/mol. The Morgan fingerprint density at radius 2 is 1.90 bits per heavy atom. The van der Waals surface area contributed by atoms with Gasteiger partial charge < -0.3 is 14.2 Å². The molecule has 0 N–H and O–H groups in total. The maximum atomic E-state index is 14.0. The molecule has 0 bridgehead atoms. The lowest BCUT2D eigenvalue weighted by molar-refractivity contribution is -0.0214. The number of benzene rings is 3. The summed E-state index contributed by atoms with van der Waals surface area (Å²) in [4.78, 5) is 0. The maximum absolute atomic E-state index is 14.0. The molecule has 0 aromatic heterocycles. The second kappa shape index (κ2) is 7.95. The second-order valence-electron chi connectivity index (χ2n) is 7.51. The van der Waals surface area contributed by atoms with Crippen molar-refractivity contribution < 1.29 is 18.6 Å². The van der Waals surface area contributed by atoms with E-state index in [1.807, 2.05) is 60.5 Å². The van der Waals surface area contributed by atoms with Crippen LogP contribution in [0.2, 0.25) is 0 Å². The SMILES string of the molecule is CCOc1cccc2c1O[C@@H](c1cccc(F)c1)N1N=C(c3ccc(OC)cc3)C[C@@H]21. The number of para-hydroxylation sites is 1. The van der Waals surface area contributed by atoms with Crippen LogP contribution in [0.1, 0.15) is 42.3 Å². The molecule has 5 nitrogen and oxygen atoms in total. The van der Waals surface area contributed by atoms with Gasteiger partial charge in [0.2, 0.25) is 6.23 Å². The molecule has 2 heterocycles. The molecule has 0 aliphatic carbocycles. The van der Waals surface area contributed by atoms with Gasteiger partial charge in [0.15, 0.2) is 11.5 Å². The summed E-state index contributed by atoms with van der Waals surface area (Å²) in [6, 6.07) is 20.2. The summed E-state index contributed by atoms with van der Waals surface area (Å²) in [5.74, 6) is 1.89. The fourth-order valence-corrected chi connectivity index (χ4v) is 4.19. The van der Waals surface area contributed by atoms with Crippen LogP contribution in [-0.2, 0) is 0 Å². The minimum atomic E-state index is -0.550. The monoisotopic (exact) mass is 418 g/mol. The average Bonchev–Trinajstić information content (AvgIpc) is 3.25. The molecule has 0 spiro atoms. The van der Waals surface area contributed by atoms with Gasteiger partial charge in [-0.25, -0.2) is 9.40 Å². The topological polar surface area (TPSA) is 43.3 Å². The first kappa shape index (κ1) is 19.4. The molecule has 0 amide bonds. The molecule has 5 rings (SSSR count). The molecule has 3 aromatic rings. The first-order valence-electron chi connectivity index (χ1n) is 10.4. The molecule has 0 fully saturated rings. The lowest BCUT2D eigenvalue weighted by Gasteiger charge is -2.38. The number of fused-ring (bicyclic) bond motifs is 3. The molecule has 31 heavy (non-hydrogen) atoms. The Kier molecular flexibility index (Phi) is 4.98. The van der Waals surface area contributed by atoms with Gasteiger partial charge in [-0.15, -0.1) is 0 Å². The van der Waals surface area contributed by atoms with Crippen molar-refractivity contribution in [3.8, 4) is 17.2 Å². The Labute approximate surface area is 180 Å². The van der Waals surface area contributed by atoms with Gasteiger partial charge in [-0.05, 0) is 55.0 Å². The quantitative estimate of drug-likeness (QED) is 0.551. The summed E-state index contributed by atoms with van der Waals surface area (Å²) in [6.45, 7) is 2.48. The Morgan fingerprint density at radius 1 is 1.10 bits per heavy atom. The summed E-state index contributed by atoms with van der Waals surface area (Å²) >= 11 is 0. The van der Waals surface area contributed by atoms with Crippen molar-refractivity contribution in [2.45, 2.75) is 25.6 Å². The second-order valence-corrected chi connectivity index (χ2v) is 7.51. The zero-order chi connectivity index (χ0) is 21.4. The molecule has 2 aliphatic rings. The first-order chi connectivity index (χ1) is 15.2. The number of rotatable bonds is 5. The predicted octanol–water partition coefficient (Wildman–Crippen LogP) is 5.48. The van der Waals surface area contributed by atoms with Gasteiger partial charge in [-0.1, -0.05) is 24.3 Å². The Hall–Kier alpha value is -3.54. The van der Waals surface area contributed by atoms with E-state index in [2.05, 4.69) is 0 Å². The van der Waals surface area contributed by atoms with Gasteiger partial charge in [-0.3, -0.25) is 0 Å². The zero-order valence-electron chi connectivity index (χ0n) is 17.4. The third-order valence-electron chi connectivity index (χ3n) is 5.64. The summed E-state index contributed by atoms with van der Waals surface area (Å²) in [7, 11) is 1.65. The van der Waals surface area contributed by atoms with Crippen molar-refractivity contribution in [1.29, 1.82) is 0 Å². The van der Waals surface area contributed by atoms with Crippen molar-refractivity contribution >= 4 is 5.71 Å². The van der Waals surface area contributed by atoms with Crippen molar-refractivity contribution in [3.05, 3.63) is 89.2 Å². The zero-order valence-corrected chi connectivity index (χ0v) is 17.4. The number of halogens is 1. The molecular weight excluding hydrogens is 395 g/mol. The number of hydrazone groups is 1. The summed E-state index contributed by atoms with van der Waals surface area (Å²) in [5, 5.41) is 6.86. The van der Waals surface area contributed by atoms with Crippen LogP contribution in [0, 0.1) is 5.82 Å². The Morgan fingerprint density at radius 3 is 2.65 bits per heavy atom. The van der Waals surface area contributed by atoms with Gasteiger partial charge in [0.25, 0.3) is 0 Å². The van der Waals surface area contributed by atoms with Crippen LogP contribution in [0.25, 0.3) is 0 Å². The fourth-order valence-electron chi connectivity index (χ4n) is 4.19. The molecule has 0 radical (unpaired) electrons. The molecule has 0 saturated carbocycles. The standard InChI is InChI=1S/C25H23FN2O3/c1-3-30-23-9-5-8-20-22-15-21(16-10-12-19(29-2)13-11-16)27-28(22)25(31-24(20)23)17-6-4-7-18(26)14-17/h4-14,22,25H,3,15H2,1-2H3/t22-,25-/m0/s1. The maximum Gasteiger partial charge on any atom is 0.214 e. The van der Waals surface area contributed by atoms with Gasteiger partial charge >= 0.3 is 0 Å². The molecule has 0 unspecified atom stereocenters. The molecule has 2 aliphatic heterocycles. The van der Waals surface area contributed by atoms with E-state index in [0.717, 1.165) is 22.6 Å². The lowest BCUT2D eigenvalue weighted by Crippen LogP contribution is -2.34. The summed E-state index contributed by atoms with van der Waals surface area (Å²) in [6.07, 6.45) is 0.162. The highest BCUT2D eigenvalue weighted by atomic mass is 19.1. The van der Waals surface area contributed by atoms with Crippen LogP contribution in [-0.4, -0.2) is 24.4 Å². The highest BCUT2D eigenvalue weighted by molar-refractivity contribution is 6.02. The van der Waals surface area contributed by atoms with Crippen LogP contribution < -0.4 is 14.2 Å². The van der Waals surface area contributed by atoms with E-state index in [-0.39, 0.29) is 11.9 Å². The molecular formula is C25H23FN2O3. The van der Waals surface area contributed by atoms with Gasteiger partial charge in [-0.2, -0.15) is 5.10 Å². The third-order valence-corrected chi connectivity index (χ3v) is 5.64. The minimum absolute atomic E-state index is 0.0328. The fraction of sp³-hybridized carbons (Fsp3) is 0.240. The molecule has 6 heteroatoms. The lowest BCUT2D eigenvalue weighted by atomic mass is 9.95. The highest BCUT2D eigenvalue weighted by Gasteiger charge is 2.42. The van der Waals surface area contributed by atoms with Crippen molar-refractivity contribution in [3.63, 3.8) is 0 Å². The van der Waals surface area contributed by atoms with Gasteiger partial charge in [0.1, 0.15) is 11.6 Å². The predicted molar refractivity (Wildman–Crippen MR) is 116 cm³/mol. The van der Waals surface area contributed by atoms with Crippen LogP contribution in [0.3, 0.4) is 0 Å². The third kappa shape index (κ3) is 3.48. The van der Waals surface area contributed by atoms with E-state index in [4.69, 9.17) is 19.3 Å². The largest absolute Gasteiger partial charge is 0.497 e. The van der Waals surface area contributed by atoms with Gasteiger partial charge in [0, 0.05) is 17.5 Å². The van der Waals surface area contributed by atoms with Crippen LogP contribution in [0.4, 0.5) is 4.39 Å². The number of hydrogen-bond acceptors (Lipinski definition) is 5. The Bertz CT molecular complexity index is 1130. The normalized spacial score (nSPS) is 19.2. The van der Waals surface area contributed by atoms with E-state index in [0.29, 0.717) is 30.1 Å².